The molecule has 1 saturated heterocycles. The van der Waals surface area contributed by atoms with Gasteiger partial charge in [0.05, 0.1) is 18.6 Å². The summed E-state index contributed by atoms with van der Waals surface area (Å²) in [5, 5.41) is 0.450. The molecule has 3 rings (SSSR count). The maximum atomic E-state index is 11.9. The van der Waals surface area contributed by atoms with Crippen molar-refractivity contribution >= 4 is 11.8 Å². The van der Waals surface area contributed by atoms with Crippen molar-refractivity contribution in [3.8, 4) is 0 Å². The van der Waals surface area contributed by atoms with Crippen LogP contribution in [0.1, 0.15) is 43.2 Å². The molecule has 6 heteroatoms. The van der Waals surface area contributed by atoms with Gasteiger partial charge in [0.25, 0.3) is 5.56 Å². The molecule has 2 atom stereocenters. The lowest BCUT2D eigenvalue weighted by Crippen LogP contribution is -2.31. The largest absolute Gasteiger partial charge is 0.376 e. The molecule has 0 spiro atoms. The Balaban J connectivity index is 0.00000109. The molecular weight excluding hydrogens is 336 g/mol. The summed E-state index contributed by atoms with van der Waals surface area (Å²) in [5.41, 5.74) is 1.09. The van der Waals surface area contributed by atoms with Gasteiger partial charge in [-0.3, -0.25) is 14.3 Å². The van der Waals surface area contributed by atoms with E-state index in [9.17, 15) is 9.59 Å². The number of rotatable bonds is 5. The first-order chi connectivity index (χ1) is 12.1. The van der Waals surface area contributed by atoms with Crippen LogP contribution in [-0.4, -0.2) is 21.4 Å². The van der Waals surface area contributed by atoms with Gasteiger partial charge < -0.3 is 4.74 Å². The highest BCUT2D eigenvalue weighted by molar-refractivity contribution is 8.00. The lowest BCUT2D eigenvalue weighted by Gasteiger charge is -2.14. The number of thioether (sulfide) groups is 1. The molecule has 2 heterocycles. The van der Waals surface area contributed by atoms with Crippen LogP contribution in [0, 0.1) is 6.92 Å². The van der Waals surface area contributed by atoms with Crippen molar-refractivity contribution in [1.82, 2.24) is 9.55 Å². The van der Waals surface area contributed by atoms with Crippen LogP contribution in [0.3, 0.4) is 0 Å². The van der Waals surface area contributed by atoms with Crippen LogP contribution in [-0.2, 0) is 11.3 Å². The van der Waals surface area contributed by atoms with E-state index < -0.39 is 0 Å². The van der Waals surface area contributed by atoms with Crippen LogP contribution < -0.4 is 11.2 Å². The minimum absolute atomic E-state index is 0.0726. The number of nitrogens with one attached hydrogen (secondary N) is 1. The Hall–Kier alpha value is -1.79. The van der Waals surface area contributed by atoms with Crippen molar-refractivity contribution < 1.29 is 4.74 Å². The smallest absolute Gasteiger partial charge is 0.329 e. The molecule has 1 aromatic carbocycles. The lowest BCUT2D eigenvalue weighted by atomic mass is 10.2. The van der Waals surface area contributed by atoms with Crippen LogP contribution in [0.25, 0.3) is 0 Å². The summed E-state index contributed by atoms with van der Waals surface area (Å²) in [6, 6.07) is 10.1. The van der Waals surface area contributed by atoms with Gasteiger partial charge in [0.1, 0.15) is 0 Å². The van der Waals surface area contributed by atoms with Gasteiger partial charge in [-0.2, -0.15) is 0 Å². The lowest BCUT2D eigenvalue weighted by molar-refractivity contribution is 0.121. The molecule has 0 amide bonds. The van der Waals surface area contributed by atoms with Gasteiger partial charge in [0.15, 0.2) is 0 Å². The molecule has 0 bridgehead atoms. The predicted octanol–water partition coefficient (Wildman–Crippen LogP) is 3.48. The zero-order valence-electron chi connectivity index (χ0n) is 15.0. The van der Waals surface area contributed by atoms with Crippen molar-refractivity contribution in [1.29, 1.82) is 0 Å². The molecule has 1 aliphatic rings. The Morgan fingerprint density at radius 1 is 1.20 bits per heavy atom. The Bertz CT molecular complexity index is 770. The molecule has 0 radical (unpaired) electrons. The summed E-state index contributed by atoms with van der Waals surface area (Å²) < 4.78 is 7.43. The van der Waals surface area contributed by atoms with Gasteiger partial charge in [-0.15, -0.1) is 11.8 Å². The first-order valence-electron chi connectivity index (χ1n) is 8.72. The van der Waals surface area contributed by atoms with E-state index in [0.29, 0.717) is 24.0 Å². The van der Waals surface area contributed by atoms with Gasteiger partial charge in [0.2, 0.25) is 0 Å². The third kappa shape index (κ3) is 5.34. The molecule has 1 aromatic heterocycles. The molecule has 1 fully saturated rings. The van der Waals surface area contributed by atoms with E-state index in [2.05, 4.69) is 4.98 Å². The first-order valence-corrected chi connectivity index (χ1v) is 9.67. The fourth-order valence-corrected chi connectivity index (χ4v) is 4.15. The monoisotopic (exact) mass is 362 g/mol. The van der Waals surface area contributed by atoms with Crippen LogP contribution >= 0.6 is 11.8 Å². The highest BCUT2D eigenvalue weighted by atomic mass is 32.2. The number of nitrogens with zero attached hydrogens (tertiary/aromatic N) is 1. The highest BCUT2D eigenvalue weighted by Gasteiger charge is 2.27. The van der Waals surface area contributed by atoms with Gasteiger partial charge in [-0.25, -0.2) is 4.79 Å². The van der Waals surface area contributed by atoms with E-state index in [0.717, 1.165) is 12.8 Å². The fraction of sp³-hybridized carbons (Fsp3) is 0.474. The zero-order valence-corrected chi connectivity index (χ0v) is 15.8. The Morgan fingerprint density at radius 2 is 1.92 bits per heavy atom. The number of aromatic amines is 1. The second-order valence-corrected chi connectivity index (χ2v) is 7.25. The van der Waals surface area contributed by atoms with Crippen LogP contribution in [0.15, 0.2) is 46.1 Å². The molecule has 0 saturated carbocycles. The van der Waals surface area contributed by atoms with Crippen molar-refractivity contribution in [2.45, 2.75) is 50.8 Å². The second-order valence-electron chi connectivity index (χ2n) is 5.77. The summed E-state index contributed by atoms with van der Waals surface area (Å²) in [5.74, 6) is 0. The number of aromatic nitrogens is 2. The molecule has 5 nitrogen and oxygen atoms in total. The van der Waals surface area contributed by atoms with Crippen molar-refractivity contribution in [2.24, 2.45) is 0 Å². The van der Waals surface area contributed by atoms with Gasteiger partial charge in [0, 0.05) is 17.0 Å². The second kappa shape index (κ2) is 9.63. The van der Waals surface area contributed by atoms with E-state index >= 15 is 0 Å². The van der Waals surface area contributed by atoms with Gasteiger partial charge in [-0.1, -0.05) is 44.2 Å². The number of aryl methyl sites for hydroxylation is 1. The summed E-state index contributed by atoms with van der Waals surface area (Å²) in [6.45, 7) is 7.00. The summed E-state index contributed by atoms with van der Waals surface area (Å²) >= 11 is 1.74. The summed E-state index contributed by atoms with van der Waals surface area (Å²) in [4.78, 5) is 25.8. The SMILES string of the molecule is CC.Cc1cn(C2CCC(COCc3ccccc3)S2)c(=O)[nH]c1=O. The maximum Gasteiger partial charge on any atom is 0.329 e. The number of H-pyrrole nitrogens is 1. The Kier molecular flexibility index (Phi) is 7.52. The first kappa shape index (κ1) is 19.5. The fourth-order valence-electron chi connectivity index (χ4n) is 2.70. The number of hydrogen-bond acceptors (Lipinski definition) is 4. The van der Waals surface area contributed by atoms with Crippen molar-refractivity contribution in [3.05, 3.63) is 68.5 Å². The Morgan fingerprint density at radius 3 is 2.64 bits per heavy atom. The van der Waals surface area contributed by atoms with Crippen LogP contribution in [0.4, 0.5) is 0 Å². The standard InChI is InChI=1S/C17H20N2O3S.C2H6/c1-12-9-19(17(21)18-16(12)20)15-8-7-14(23-15)11-22-10-13-5-3-2-4-6-13;1-2/h2-6,9,14-15H,7-8,10-11H2,1H3,(H,18,20,21);1-2H3. The summed E-state index contributed by atoms with van der Waals surface area (Å²) in [6.07, 6.45) is 3.58. The third-order valence-corrected chi connectivity index (χ3v) is 5.49. The maximum absolute atomic E-state index is 11.9. The number of ether oxygens (including phenoxy) is 1. The van der Waals surface area contributed by atoms with E-state index in [1.807, 2.05) is 44.2 Å². The molecule has 25 heavy (non-hydrogen) atoms. The zero-order chi connectivity index (χ0) is 18.2. The third-order valence-electron chi connectivity index (χ3n) is 3.96. The Labute approximate surface area is 152 Å². The quantitative estimate of drug-likeness (QED) is 0.884. The molecular formula is C19H26N2O3S. The average molecular weight is 362 g/mol. The average Bonchev–Trinajstić information content (AvgIpc) is 3.09. The number of hydrogen-bond donors (Lipinski definition) is 1. The van der Waals surface area contributed by atoms with Gasteiger partial charge >= 0.3 is 5.69 Å². The minimum Gasteiger partial charge on any atom is -0.376 e. The minimum atomic E-state index is -0.330. The predicted molar refractivity (Wildman–Crippen MR) is 103 cm³/mol. The topological polar surface area (TPSA) is 64.1 Å². The molecule has 136 valence electrons. The molecule has 1 aliphatic heterocycles. The van der Waals surface area contributed by atoms with E-state index in [1.165, 1.54) is 5.56 Å². The van der Waals surface area contributed by atoms with Crippen LogP contribution in [0.2, 0.25) is 0 Å². The molecule has 1 N–H and O–H groups in total. The van der Waals surface area contributed by atoms with Crippen molar-refractivity contribution in [2.75, 3.05) is 6.61 Å². The van der Waals surface area contributed by atoms with E-state index in [1.54, 1.807) is 29.4 Å². The normalized spacial score (nSPS) is 19.3. The van der Waals surface area contributed by atoms with E-state index in [-0.39, 0.29) is 16.6 Å². The summed E-state index contributed by atoms with van der Waals surface area (Å²) in [7, 11) is 0. The van der Waals surface area contributed by atoms with E-state index in [4.69, 9.17) is 4.74 Å². The van der Waals surface area contributed by atoms with Gasteiger partial charge in [-0.05, 0) is 25.3 Å². The molecule has 2 aromatic rings. The highest BCUT2D eigenvalue weighted by Crippen LogP contribution is 2.40. The molecule has 2 unspecified atom stereocenters. The number of benzene rings is 1. The van der Waals surface area contributed by atoms with Crippen molar-refractivity contribution in [3.63, 3.8) is 0 Å². The van der Waals surface area contributed by atoms with Crippen LogP contribution in [0.5, 0.6) is 0 Å². The molecule has 0 aliphatic carbocycles.